The number of hydrogen-bond acceptors (Lipinski definition) is 2. The van der Waals surface area contributed by atoms with Crippen LogP contribution in [0.5, 0.6) is 0 Å². The van der Waals surface area contributed by atoms with E-state index in [1.54, 1.807) is 6.07 Å². The number of rotatable bonds is 0. The number of halogens is 1. The molecule has 0 aliphatic heterocycles. The molecule has 2 aromatic rings. The molecule has 1 aromatic heterocycles. The van der Waals surface area contributed by atoms with E-state index in [0.717, 1.165) is 22.0 Å². The highest BCUT2D eigenvalue weighted by Crippen LogP contribution is 2.27. The predicted molar refractivity (Wildman–Crippen MR) is 60.6 cm³/mol. The predicted octanol–water partition coefficient (Wildman–Crippen LogP) is 3.09. The molecule has 0 saturated heterocycles. The smallest absolute Gasteiger partial charge is 0.131 e. The van der Waals surface area contributed by atoms with E-state index in [-0.39, 0.29) is 0 Å². The van der Waals surface area contributed by atoms with Crippen molar-refractivity contribution in [2.24, 2.45) is 0 Å². The molecular weight excluding hydrogens is 196 g/mol. The standard InChI is InChI=1S/C11H11ClN2/c1-6-3-4-7(2)11-10(6)8(13)5-9(12)14-11/h3-5H,1-2H3,(H2,13,14). The van der Waals surface area contributed by atoms with Crippen molar-refractivity contribution < 1.29 is 0 Å². The van der Waals surface area contributed by atoms with Gasteiger partial charge in [-0.05, 0) is 31.0 Å². The van der Waals surface area contributed by atoms with E-state index in [1.165, 1.54) is 0 Å². The second kappa shape index (κ2) is 3.14. The number of aryl methyl sites for hydroxylation is 2. The van der Waals surface area contributed by atoms with Gasteiger partial charge in [0.1, 0.15) is 5.15 Å². The lowest BCUT2D eigenvalue weighted by Gasteiger charge is -2.07. The van der Waals surface area contributed by atoms with Gasteiger partial charge in [0.15, 0.2) is 0 Å². The normalized spacial score (nSPS) is 10.8. The topological polar surface area (TPSA) is 38.9 Å². The Morgan fingerprint density at radius 1 is 1.21 bits per heavy atom. The van der Waals surface area contributed by atoms with Crippen molar-refractivity contribution in [2.75, 3.05) is 5.73 Å². The van der Waals surface area contributed by atoms with Crippen LogP contribution in [0.1, 0.15) is 11.1 Å². The zero-order valence-corrected chi connectivity index (χ0v) is 8.89. The summed E-state index contributed by atoms with van der Waals surface area (Å²) in [6, 6.07) is 5.76. The van der Waals surface area contributed by atoms with Gasteiger partial charge in [-0.1, -0.05) is 23.7 Å². The second-order valence-electron chi connectivity index (χ2n) is 3.46. The molecular formula is C11H11ClN2. The zero-order chi connectivity index (χ0) is 10.3. The molecule has 0 aliphatic rings. The van der Waals surface area contributed by atoms with Crippen molar-refractivity contribution >= 4 is 28.2 Å². The average molecular weight is 207 g/mol. The molecule has 0 aliphatic carbocycles. The fraction of sp³-hybridized carbons (Fsp3) is 0.182. The third-order valence-electron chi connectivity index (χ3n) is 2.37. The zero-order valence-electron chi connectivity index (χ0n) is 8.13. The van der Waals surface area contributed by atoms with Crippen LogP contribution in [-0.4, -0.2) is 4.98 Å². The lowest BCUT2D eigenvalue weighted by molar-refractivity contribution is 1.35. The van der Waals surface area contributed by atoms with Crippen LogP contribution in [0, 0.1) is 13.8 Å². The summed E-state index contributed by atoms with van der Waals surface area (Å²) in [7, 11) is 0. The highest BCUT2D eigenvalue weighted by molar-refractivity contribution is 6.30. The Balaban J connectivity index is 3.00. The lowest BCUT2D eigenvalue weighted by atomic mass is 10.0. The van der Waals surface area contributed by atoms with Gasteiger partial charge in [0.2, 0.25) is 0 Å². The number of anilines is 1. The molecule has 0 atom stereocenters. The fourth-order valence-electron chi connectivity index (χ4n) is 1.64. The number of nitrogens with zero attached hydrogens (tertiary/aromatic N) is 1. The first kappa shape index (κ1) is 9.28. The van der Waals surface area contributed by atoms with E-state index < -0.39 is 0 Å². The molecule has 1 heterocycles. The molecule has 0 radical (unpaired) electrons. The maximum Gasteiger partial charge on any atom is 0.131 e. The maximum absolute atomic E-state index is 5.90. The largest absolute Gasteiger partial charge is 0.398 e. The van der Waals surface area contributed by atoms with Gasteiger partial charge in [0, 0.05) is 11.1 Å². The monoisotopic (exact) mass is 206 g/mol. The summed E-state index contributed by atoms with van der Waals surface area (Å²) in [4.78, 5) is 4.28. The van der Waals surface area contributed by atoms with Crippen molar-refractivity contribution in [2.45, 2.75) is 13.8 Å². The van der Waals surface area contributed by atoms with Gasteiger partial charge >= 0.3 is 0 Å². The first-order valence-electron chi connectivity index (χ1n) is 4.41. The summed E-state index contributed by atoms with van der Waals surface area (Å²) in [6.07, 6.45) is 0. The fourth-order valence-corrected chi connectivity index (χ4v) is 1.85. The molecule has 0 unspecified atom stereocenters. The third kappa shape index (κ3) is 1.32. The van der Waals surface area contributed by atoms with Gasteiger partial charge in [-0.15, -0.1) is 0 Å². The van der Waals surface area contributed by atoms with Crippen LogP contribution in [0.15, 0.2) is 18.2 Å². The van der Waals surface area contributed by atoms with Gasteiger partial charge in [-0.25, -0.2) is 4.98 Å². The van der Waals surface area contributed by atoms with Crippen LogP contribution in [0.2, 0.25) is 5.15 Å². The van der Waals surface area contributed by atoms with Gasteiger partial charge in [0.25, 0.3) is 0 Å². The number of benzene rings is 1. The Morgan fingerprint density at radius 3 is 2.57 bits per heavy atom. The summed E-state index contributed by atoms with van der Waals surface area (Å²) < 4.78 is 0. The second-order valence-corrected chi connectivity index (χ2v) is 3.84. The molecule has 3 heteroatoms. The van der Waals surface area contributed by atoms with Crippen molar-refractivity contribution in [3.8, 4) is 0 Å². The van der Waals surface area contributed by atoms with E-state index in [2.05, 4.69) is 4.98 Å². The molecule has 0 amide bonds. The Morgan fingerprint density at radius 2 is 1.86 bits per heavy atom. The van der Waals surface area contributed by atoms with E-state index in [1.807, 2.05) is 26.0 Å². The van der Waals surface area contributed by atoms with E-state index >= 15 is 0 Å². The average Bonchev–Trinajstić information content (AvgIpc) is 2.10. The Kier molecular flexibility index (Phi) is 2.08. The molecule has 2 nitrogen and oxygen atoms in total. The van der Waals surface area contributed by atoms with Crippen molar-refractivity contribution in [3.05, 3.63) is 34.5 Å². The third-order valence-corrected chi connectivity index (χ3v) is 2.56. The number of nitrogens with two attached hydrogens (primary N) is 1. The van der Waals surface area contributed by atoms with Gasteiger partial charge in [-0.2, -0.15) is 0 Å². The SMILES string of the molecule is Cc1ccc(C)c2c(N)cc(Cl)nc12. The minimum absolute atomic E-state index is 0.448. The highest BCUT2D eigenvalue weighted by atomic mass is 35.5. The summed E-state index contributed by atoms with van der Waals surface area (Å²) in [6.45, 7) is 4.03. The van der Waals surface area contributed by atoms with Crippen LogP contribution in [-0.2, 0) is 0 Å². The van der Waals surface area contributed by atoms with E-state index in [4.69, 9.17) is 17.3 Å². The van der Waals surface area contributed by atoms with Gasteiger partial charge in [0.05, 0.1) is 5.52 Å². The van der Waals surface area contributed by atoms with Crippen LogP contribution >= 0.6 is 11.6 Å². The Bertz CT molecular complexity index is 506. The van der Waals surface area contributed by atoms with Gasteiger partial charge < -0.3 is 5.73 Å². The van der Waals surface area contributed by atoms with Crippen molar-refractivity contribution in [1.29, 1.82) is 0 Å². The summed E-state index contributed by atoms with van der Waals surface area (Å²) in [5.74, 6) is 0. The van der Waals surface area contributed by atoms with E-state index in [0.29, 0.717) is 10.8 Å². The molecule has 2 N–H and O–H groups in total. The Hall–Kier alpha value is -1.28. The van der Waals surface area contributed by atoms with Crippen LogP contribution in [0.4, 0.5) is 5.69 Å². The van der Waals surface area contributed by atoms with Crippen LogP contribution in [0.25, 0.3) is 10.9 Å². The number of hydrogen-bond donors (Lipinski definition) is 1. The minimum Gasteiger partial charge on any atom is -0.398 e. The molecule has 0 fully saturated rings. The first-order valence-corrected chi connectivity index (χ1v) is 4.79. The van der Waals surface area contributed by atoms with Crippen molar-refractivity contribution in [1.82, 2.24) is 4.98 Å². The molecule has 2 rings (SSSR count). The lowest BCUT2D eigenvalue weighted by Crippen LogP contribution is -1.94. The minimum atomic E-state index is 0.448. The van der Waals surface area contributed by atoms with Crippen molar-refractivity contribution in [3.63, 3.8) is 0 Å². The molecule has 14 heavy (non-hydrogen) atoms. The summed E-state index contributed by atoms with van der Waals surface area (Å²) in [5, 5.41) is 1.46. The Labute approximate surface area is 87.7 Å². The maximum atomic E-state index is 5.90. The number of fused-ring (bicyclic) bond motifs is 1. The number of pyridine rings is 1. The molecule has 1 aromatic carbocycles. The molecule has 0 spiro atoms. The first-order chi connectivity index (χ1) is 6.59. The molecule has 0 saturated carbocycles. The highest BCUT2D eigenvalue weighted by Gasteiger charge is 2.06. The summed E-state index contributed by atoms with van der Waals surface area (Å²) in [5.41, 5.74) is 9.72. The van der Waals surface area contributed by atoms with E-state index in [9.17, 15) is 0 Å². The molecule has 0 bridgehead atoms. The summed E-state index contributed by atoms with van der Waals surface area (Å²) >= 11 is 5.86. The number of nitrogen functional groups attached to an aromatic ring is 1. The van der Waals surface area contributed by atoms with Crippen LogP contribution < -0.4 is 5.73 Å². The van der Waals surface area contributed by atoms with Gasteiger partial charge in [-0.3, -0.25) is 0 Å². The number of aromatic nitrogens is 1. The van der Waals surface area contributed by atoms with Crippen LogP contribution in [0.3, 0.4) is 0 Å². The molecule has 72 valence electrons. The quantitative estimate of drug-likeness (QED) is 0.673.